The summed E-state index contributed by atoms with van der Waals surface area (Å²) in [7, 11) is 0. The number of anilines is 1. The normalized spacial score (nSPS) is 26.6. The second-order valence-corrected chi connectivity index (χ2v) is 10.5. The quantitative estimate of drug-likeness (QED) is 0.360. The summed E-state index contributed by atoms with van der Waals surface area (Å²) < 4.78 is 0. The molecule has 3 aliphatic heterocycles. The maximum atomic E-state index is 13.9. The van der Waals surface area contributed by atoms with Gasteiger partial charge in [-0.2, -0.15) is 0 Å². The van der Waals surface area contributed by atoms with Crippen LogP contribution in [0.1, 0.15) is 49.3 Å². The van der Waals surface area contributed by atoms with E-state index in [9.17, 15) is 24.5 Å². The van der Waals surface area contributed by atoms with Crippen LogP contribution in [-0.4, -0.2) is 44.5 Å². The van der Waals surface area contributed by atoms with E-state index >= 15 is 0 Å². The van der Waals surface area contributed by atoms with Crippen LogP contribution in [0.3, 0.4) is 0 Å². The van der Waals surface area contributed by atoms with E-state index in [4.69, 9.17) is 11.6 Å². The van der Waals surface area contributed by atoms with Gasteiger partial charge in [-0.25, -0.2) is 0 Å². The van der Waals surface area contributed by atoms with E-state index in [1.54, 1.807) is 11.1 Å². The van der Waals surface area contributed by atoms with Crippen molar-refractivity contribution in [2.24, 2.45) is 11.8 Å². The number of imide groups is 1. The lowest BCUT2D eigenvalue weighted by Crippen LogP contribution is -2.49. The molecule has 0 radical (unpaired) electrons. The number of carbonyl (C=O) groups excluding carboxylic acids is 3. The lowest BCUT2D eigenvalue weighted by molar-refractivity contribution is -0.384. The first-order valence-electron chi connectivity index (χ1n) is 12.5. The minimum absolute atomic E-state index is 0.0863. The highest BCUT2D eigenvalue weighted by atomic mass is 35.5. The van der Waals surface area contributed by atoms with Crippen LogP contribution in [0.25, 0.3) is 6.08 Å². The van der Waals surface area contributed by atoms with E-state index in [0.717, 1.165) is 43.2 Å². The average Bonchev–Trinajstić information content (AvgIpc) is 3.38. The van der Waals surface area contributed by atoms with Crippen molar-refractivity contribution in [3.05, 3.63) is 74.9 Å². The fourth-order valence-corrected chi connectivity index (χ4v) is 6.67. The summed E-state index contributed by atoms with van der Waals surface area (Å²) in [6.07, 6.45) is 8.23. The molecular weight excluding hydrogens is 496 g/mol. The number of fused-ring (bicyclic) bond motifs is 5. The molecule has 4 atom stereocenters. The average molecular weight is 521 g/mol. The zero-order chi connectivity index (χ0) is 25.8. The van der Waals surface area contributed by atoms with Gasteiger partial charge in [0.1, 0.15) is 6.04 Å². The predicted octanol–water partition coefficient (Wildman–Crippen LogP) is 4.53. The smallest absolute Gasteiger partial charge is 0.271 e. The number of likely N-dealkylation sites (tertiary alicyclic amines) is 1. The number of nitrogens with one attached hydrogen (secondary N) is 1. The summed E-state index contributed by atoms with van der Waals surface area (Å²) in [4.78, 5) is 55.5. The van der Waals surface area contributed by atoms with E-state index in [1.165, 1.54) is 23.1 Å². The minimum Gasteiger partial charge on any atom is -0.357 e. The van der Waals surface area contributed by atoms with Gasteiger partial charge >= 0.3 is 0 Å². The van der Waals surface area contributed by atoms with Crippen molar-refractivity contribution < 1.29 is 19.3 Å². The van der Waals surface area contributed by atoms with Crippen LogP contribution >= 0.6 is 11.6 Å². The molecule has 2 aromatic carbocycles. The molecule has 2 aromatic rings. The molecule has 1 aliphatic carbocycles. The Morgan fingerprint density at radius 1 is 1.03 bits per heavy atom. The highest BCUT2D eigenvalue weighted by molar-refractivity contribution is 6.34. The molecule has 190 valence electrons. The molecule has 4 aliphatic rings. The van der Waals surface area contributed by atoms with Gasteiger partial charge in [0.2, 0.25) is 17.7 Å². The molecule has 0 unspecified atom stereocenters. The van der Waals surface area contributed by atoms with Crippen LogP contribution in [0, 0.1) is 22.0 Å². The Balaban J connectivity index is 1.40. The molecule has 3 fully saturated rings. The first kappa shape index (κ1) is 23.7. The number of hydrogen-bond donors (Lipinski definition) is 1. The second kappa shape index (κ2) is 8.99. The monoisotopic (exact) mass is 520 g/mol. The number of hydrogen-bond acceptors (Lipinski definition) is 6. The minimum atomic E-state index is -0.972. The molecule has 9 nitrogen and oxygen atoms in total. The van der Waals surface area contributed by atoms with Gasteiger partial charge < -0.3 is 10.2 Å². The Morgan fingerprint density at radius 3 is 2.51 bits per heavy atom. The van der Waals surface area contributed by atoms with Crippen LogP contribution in [0.15, 0.2) is 48.7 Å². The largest absolute Gasteiger partial charge is 0.357 e. The van der Waals surface area contributed by atoms with Crippen molar-refractivity contribution in [3.8, 4) is 0 Å². The zero-order valence-electron chi connectivity index (χ0n) is 19.9. The molecule has 1 saturated carbocycles. The first-order valence-corrected chi connectivity index (χ1v) is 12.9. The van der Waals surface area contributed by atoms with E-state index < -0.39 is 34.7 Å². The van der Waals surface area contributed by atoms with Gasteiger partial charge in [-0.1, -0.05) is 55.1 Å². The predicted molar refractivity (Wildman–Crippen MR) is 136 cm³/mol. The van der Waals surface area contributed by atoms with Gasteiger partial charge in [-0.3, -0.25) is 29.4 Å². The Bertz CT molecular complexity index is 1350. The van der Waals surface area contributed by atoms with Gasteiger partial charge in [-0.15, -0.1) is 0 Å². The molecule has 37 heavy (non-hydrogen) atoms. The Labute approximate surface area is 218 Å². The van der Waals surface area contributed by atoms with Crippen molar-refractivity contribution in [3.63, 3.8) is 0 Å². The van der Waals surface area contributed by atoms with Crippen LogP contribution in [0.2, 0.25) is 5.02 Å². The third-order valence-corrected chi connectivity index (χ3v) is 8.45. The van der Waals surface area contributed by atoms with Crippen LogP contribution < -0.4 is 5.32 Å². The van der Waals surface area contributed by atoms with Crippen molar-refractivity contribution in [1.82, 2.24) is 9.80 Å². The van der Waals surface area contributed by atoms with Crippen LogP contribution in [0.5, 0.6) is 0 Å². The third kappa shape index (κ3) is 3.71. The molecule has 1 N–H and O–H groups in total. The summed E-state index contributed by atoms with van der Waals surface area (Å²) in [5, 5.41) is 14.1. The molecule has 0 bridgehead atoms. The highest BCUT2D eigenvalue weighted by Gasteiger charge is 2.65. The van der Waals surface area contributed by atoms with Gasteiger partial charge in [0.25, 0.3) is 5.69 Å². The van der Waals surface area contributed by atoms with Crippen molar-refractivity contribution in [2.45, 2.75) is 50.2 Å². The molecule has 6 rings (SSSR count). The van der Waals surface area contributed by atoms with Crippen molar-refractivity contribution >= 4 is 46.8 Å². The number of carbonyl (C=O) groups is 3. The van der Waals surface area contributed by atoms with Crippen LogP contribution in [0.4, 0.5) is 11.4 Å². The lowest BCUT2D eigenvalue weighted by Gasteiger charge is -2.37. The number of rotatable bonds is 4. The summed E-state index contributed by atoms with van der Waals surface area (Å²) in [5.74, 6) is -2.63. The zero-order valence-corrected chi connectivity index (χ0v) is 20.6. The lowest BCUT2D eigenvalue weighted by atomic mass is 9.84. The Hall–Kier alpha value is -3.72. The van der Waals surface area contributed by atoms with Crippen molar-refractivity contribution in [1.29, 1.82) is 0 Å². The number of benzene rings is 2. The van der Waals surface area contributed by atoms with E-state index in [-0.39, 0.29) is 34.3 Å². The fraction of sp³-hybridized carbons (Fsp3) is 0.370. The second-order valence-electron chi connectivity index (χ2n) is 10.1. The maximum absolute atomic E-state index is 13.9. The first-order chi connectivity index (χ1) is 17.9. The number of nitro benzene ring substituents is 1. The SMILES string of the molecule is O=C(Nc1cc([N+](=O)[O-])ccc1Cl)[C@H]1[C@H]2C(=O)N(C3CCCCC3)C(=O)[C@@H]2[C@@H]2c3ccccc3C=CN12. The third-order valence-electron chi connectivity index (χ3n) is 8.12. The van der Waals surface area contributed by atoms with E-state index in [0.29, 0.717) is 0 Å². The van der Waals surface area contributed by atoms with Gasteiger partial charge in [0.15, 0.2) is 0 Å². The van der Waals surface area contributed by atoms with E-state index in [1.807, 2.05) is 30.3 Å². The Morgan fingerprint density at radius 2 is 1.76 bits per heavy atom. The van der Waals surface area contributed by atoms with E-state index in [2.05, 4.69) is 5.32 Å². The highest BCUT2D eigenvalue weighted by Crippen LogP contribution is 2.53. The fourth-order valence-electron chi connectivity index (χ4n) is 6.51. The molecule has 10 heteroatoms. The molecule has 3 heterocycles. The van der Waals surface area contributed by atoms with Gasteiger partial charge in [0, 0.05) is 24.4 Å². The summed E-state index contributed by atoms with van der Waals surface area (Å²) >= 11 is 6.25. The molecule has 2 saturated heterocycles. The topological polar surface area (TPSA) is 113 Å². The van der Waals surface area contributed by atoms with Gasteiger partial charge in [0.05, 0.1) is 33.5 Å². The molecule has 3 amide bonds. The maximum Gasteiger partial charge on any atom is 0.271 e. The Kier molecular flexibility index (Phi) is 5.75. The number of amides is 3. The number of nitrogens with zero attached hydrogens (tertiary/aromatic N) is 3. The number of non-ortho nitro benzene ring substituents is 1. The molecule has 0 aromatic heterocycles. The number of nitro groups is 1. The molecule has 0 spiro atoms. The standard InChI is InChI=1S/C27H25ClN4O5/c28-19-11-10-17(32(36)37)14-20(19)29-25(33)24-22-21(23-18-9-5-4-6-15(18)12-13-30(23)24)26(34)31(27(22)35)16-7-2-1-3-8-16/h4-6,9-14,16,21-24H,1-3,7-8H2,(H,29,33)/t21-,22-,23-,24+/m0/s1. The van der Waals surface area contributed by atoms with Crippen LogP contribution in [-0.2, 0) is 14.4 Å². The summed E-state index contributed by atoms with van der Waals surface area (Å²) in [6, 6.07) is 9.91. The summed E-state index contributed by atoms with van der Waals surface area (Å²) in [6.45, 7) is 0. The summed E-state index contributed by atoms with van der Waals surface area (Å²) in [5.41, 5.74) is 1.71. The number of halogens is 1. The van der Waals surface area contributed by atoms with Crippen molar-refractivity contribution in [2.75, 3.05) is 5.32 Å². The van der Waals surface area contributed by atoms with Gasteiger partial charge in [-0.05, 0) is 36.1 Å². The molecular formula is C27H25ClN4O5.